The van der Waals surface area contributed by atoms with Crippen molar-refractivity contribution in [1.82, 2.24) is 10.0 Å². The van der Waals surface area contributed by atoms with Crippen molar-refractivity contribution >= 4 is 27.5 Å². The number of sulfonamides is 1. The van der Waals surface area contributed by atoms with Crippen LogP contribution >= 0.6 is 0 Å². The number of ether oxygens (including phenoxy) is 1. The molecule has 0 bridgehead atoms. The molecule has 3 aromatic rings. The van der Waals surface area contributed by atoms with Crippen LogP contribution in [0.2, 0.25) is 0 Å². The molecule has 1 atom stereocenters. The molecule has 1 saturated heterocycles. The van der Waals surface area contributed by atoms with Crippen LogP contribution in [0.25, 0.3) is 0 Å². The maximum absolute atomic E-state index is 12.6. The minimum atomic E-state index is -3.75. The molecule has 2 heterocycles. The Balaban J connectivity index is 1.31. The highest BCUT2D eigenvalue weighted by atomic mass is 32.2. The molecule has 1 aliphatic heterocycles. The second kappa shape index (κ2) is 10.6. The fourth-order valence-electron chi connectivity index (χ4n) is 3.49. The van der Waals surface area contributed by atoms with Crippen molar-refractivity contribution < 1.29 is 27.2 Å². The van der Waals surface area contributed by atoms with E-state index in [-0.39, 0.29) is 41.3 Å². The molecule has 3 N–H and O–H groups in total. The van der Waals surface area contributed by atoms with Crippen LogP contribution in [0.15, 0.2) is 76.2 Å². The monoisotopic (exact) mass is 483 g/mol. The van der Waals surface area contributed by atoms with Gasteiger partial charge in [-0.1, -0.05) is 18.2 Å². The molecule has 178 valence electrons. The van der Waals surface area contributed by atoms with E-state index in [1.807, 2.05) is 0 Å². The Bertz CT molecular complexity index is 1230. The smallest absolute Gasteiger partial charge is 0.291 e. The van der Waals surface area contributed by atoms with E-state index in [0.29, 0.717) is 12.3 Å². The number of hydrogen-bond donors (Lipinski definition) is 3. The van der Waals surface area contributed by atoms with Gasteiger partial charge in [0.05, 0.1) is 17.3 Å². The number of hydrogen-bond acceptors (Lipinski definition) is 6. The molecular weight excluding hydrogens is 458 g/mol. The Morgan fingerprint density at radius 2 is 1.82 bits per heavy atom. The zero-order valence-corrected chi connectivity index (χ0v) is 19.1. The predicted molar refractivity (Wildman–Crippen MR) is 125 cm³/mol. The summed E-state index contributed by atoms with van der Waals surface area (Å²) >= 11 is 0. The van der Waals surface area contributed by atoms with Gasteiger partial charge >= 0.3 is 0 Å². The van der Waals surface area contributed by atoms with Crippen molar-refractivity contribution in [1.29, 1.82) is 0 Å². The molecule has 0 radical (unpaired) electrons. The molecule has 2 amide bonds. The zero-order chi connectivity index (χ0) is 24.0. The highest BCUT2D eigenvalue weighted by Crippen LogP contribution is 2.15. The second-order valence-electron chi connectivity index (χ2n) is 7.83. The molecule has 0 spiro atoms. The summed E-state index contributed by atoms with van der Waals surface area (Å²) < 4.78 is 38.2. The van der Waals surface area contributed by atoms with Crippen LogP contribution in [0.5, 0.6) is 0 Å². The van der Waals surface area contributed by atoms with Crippen molar-refractivity contribution in [2.45, 2.75) is 30.4 Å². The minimum absolute atomic E-state index is 0.0230. The average Bonchev–Trinajstić information content (AvgIpc) is 3.57. The maximum Gasteiger partial charge on any atom is 0.291 e. The normalized spacial score (nSPS) is 15.7. The van der Waals surface area contributed by atoms with Crippen molar-refractivity contribution in [3.63, 3.8) is 0 Å². The fourth-order valence-corrected chi connectivity index (χ4v) is 4.60. The molecule has 1 aliphatic rings. The highest BCUT2D eigenvalue weighted by Gasteiger charge is 2.21. The third-order valence-corrected chi connectivity index (χ3v) is 6.76. The molecule has 1 aromatic heterocycles. The van der Waals surface area contributed by atoms with Gasteiger partial charge in [-0.3, -0.25) is 9.59 Å². The number of carbonyl (C=O) groups excluding carboxylic acids is 2. The Hall–Kier alpha value is -3.47. The van der Waals surface area contributed by atoms with Crippen LogP contribution in [-0.2, 0) is 21.3 Å². The summed E-state index contributed by atoms with van der Waals surface area (Å²) in [6, 6.07) is 16.1. The lowest BCUT2D eigenvalue weighted by atomic mass is 10.2. The van der Waals surface area contributed by atoms with Crippen LogP contribution < -0.4 is 15.4 Å². The van der Waals surface area contributed by atoms with Crippen molar-refractivity contribution in [3.8, 4) is 0 Å². The third kappa shape index (κ3) is 6.10. The number of amides is 2. The molecule has 1 unspecified atom stereocenters. The van der Waals surface area contributed by atoms with Gasteiger partial charge < -0.3 is 19.8 Å². The van der Waals surface area contributed by atoms with Gasteiger partial charge in [0.2, 0.25) is 10.0 Å². The van der Waals surface area contributed by atoms with Crippen LogP contribution in [0.1, 0.15) is 39.3 Å². The van der Waals surface area contributed by atoms with Gasteiger partial charge in [0.1, 0.15) is 0 Å². The minimum Gasteiger partial charge on any atom is -0.459 e. The van der Waals surface area contributed by atoms with Gasteiger partial charge in [-0.2, -0.15) is 0 Å². The van der Waals surface area contributed by atoms with Crippen molar-refractivity contribution in [2.24, 2.45) is 0 Å². The first-order valence-corrected chi connectivity index (χ1v) is 12.3. The number of anilines is 1. The van der Waals surface area contributed by atoms with Crippen LogP contribution in [0, 0.1) is 0 Å². The molecular formula is C24H25N3O6S. The Kier molecular flexibility index (Phi) is 7.41. The molecule has 34 heavy (non-hydrogen) atoms. The largest absolute Gasteiger partial charge is 0.459 e. The van der Waals surface area contributed by atoms with E-state index in [4.69, 9.17) is 9.15 Å². The van der Waals surface area contributed by atoms with Gasteiger partial charge in [0, 0.05) is 30.9 Å². The van der Waals surface area contributed by atoms with E-state index >= 15 is 0 Å². The molecule has 1 fully saturated rings. The number of carbonyl (C=O) groups is 2. The van der Waals surface area contributed by atoms with E-state index in [1.54, 1.807) is 42.5 Å². The Morgan fingerprint density at radius 3 is 2.53 bits per heavy atom. The summed E-state index contributed by atoms with van der Waals surface area (Å²) in [5.41, 5.74) is 1.64. The predicted octanol–water partition coefficient (Wildman–Crippen LogP) is 2.92. The number of nitrogens with one attached hydrogen (secondary N) is 3. The molecule has 0 saturated carbocycles. The summed E-state index contributed by atoms with van der Waals surface area (Å²) in [7, 11) is -3.75. The summed E-state index contributed by atoms with van der Waals surface area (Å²) in [5, 5.41) is 5.50. The Morgan fingerprint density at radius 1 is 1.00 bits per heavy atom. The summed E-state index contributed by atoms with van der Waals surface area (Å²) in [4.78, 5) is 24.6. The van der Waals surface area contributed by atoms with Crippen LogP contribution in [0.3, 0.4) is 0 Å². The molecule has 2 aromatic carbocycles. The van der Waals surface area contributed by atoms with Crippen LogP contribution in [-0.4, -0.2) is 39.5 Å². The van der Waals surface area contributed by atoms with Gasteiger partial charge in [-0.25, -0.2) is 13.1 Å². The zero-order valence-electron chi connectivity index (χ0n) is 18.3. The van der Waals surface area contributed by atoms with E-state index in [2.05, 4.69) is 15.4 Å². The van der Waals surface area contributed by atoms with Crippen LogP contribution in [0.4, 0.5) is 5.69 Å². The third-order valence-electron chi connectivity index (χ3n) is 5.34. The molecule has 10 heteroatoms. The maximum atomic E-state index is 12.6. The molecule has 4 rings (SSSR count). The lowest BCUT2D eigenvalue weighted by Gasteiger charge is -2.12. The van der Waals surface area contributed by atoms with E-state index in [1.165, 1.54) is 24.5 Å². The second-order valence-corrected chi connectivity index (χ2v) is 9.59. The van der Waals surface area contributed by atoms with Crippen molar-refractivity contribution in [3.05, 3.63) is 83.8 Å². The summed E-state index contributed by atoms with van der Waals surface area (Å²) in [5.74, 6) is -0.542. The first-order chi connectivity index (χ1) is 16.4. The van der Waals surface area contributed by atoms with Gasteiger partial charge in [-0.15, -0.1) is 0 Å². The van der Waals surface area contributed by atoms with Gasteiger partial charge in [0.25, 0.3) is 11.8 Å². The first-order valence-electron chi connectivity index (χ1n) is 10.8. The lowest BCUT2D eigenvalue weighted by Crippen LogP contribution is -2.32. The SMILES string of the molecule is O=C(NCc1ccc(NC(=O)c2ccco2)cc1)c1cccc(S(=O)(=O)NCC2CCCO2)c1. The van der Waals surface area contributed by atoms with Gasteiger partial charge in [0.15, 0.2) is 5.76 Å². The van der Waals surface area contributed by atoms with Gasteiger partial charge in [-0.05, 0) is 60.9 Å². The standard InChI is InChI=1S/C24H25N3O6S/c28-23(18-4-1-6-21(14-18)34(30,31)26-16-20-5-2-12-32-20)25-15-17-8-10-19(11-9-17)27-24(29)22-7-3-13-33-22/h1,3-4,6-11,13-14,20,26H,2,5,12,15-16H2,(H,25,28)(H,27,29). The molecule has 9 nitrogen and oxygen atoms in total. The van der Waals surface area contributed by atoms with E-state index in [0.717, 1.165) is 18.4 Å². The fraction of sp³-hybridized carbons (Fsp3) is 0.250. The summed E-state index contributed by atoms with van der Waals surface area (Å²) in [6.45, 7) is 1.08. The number of benzene rings is 2. The van der Waals surface area contributed by atoms with Crippen molar-refractivity contribution in [2.75, 3.05) is 18.5 Å². The number of furan rings is 1. The quantitative estimate of drug-likeness (QED) is 0.430. The number of rotatable bonds is 9. The van der Waals surface area contributed by atoms with E-state index < -0.39 is 15.9 Å². The topological polar surface area (TPSA) is 127 Å². The first kappa shape index (κ1) is 23.7. The lowest BCUT2D eigenvalue weighted by molar-refractivity contribution is 0.0949. The van der Waals surface area contributed by atoms with E-state index in [9.17, 15) is 18.0 Å². The highest BCUT2D eigenvalue weighted by molar-refractivity contribution is 7.89. The summed E-state index contributed by atoms with van der Waals surface area (Å²) in [6.07, 6.45) is 3.05. The molecule has 0 aliphatic carbocycles. The average molecular weight is 484 g/mol. The Labute approximate surface area is 197 Å².